The number of ether oxygens (including phenoxy) is 1. The van der Waals surface area contributed by atoms with Crippen LogP contribution in [0.4, 0.5) is 13.2 Å². The zero-order valence-corrected chi connectivity index (χ0v) is 19.9. The van der Waals surface area contributed by atoms with Crippen molar-refractivity contribution in [1.29, 1.82) is 0 Å². The second-order valence-electron chi connectivity index (χ2n) is 8.58. The van der Waals surface area contributed by atoms with Gasteiger partial charge in [-0.1, -0.05) is 0 Å². The van der Waals surface area contributed by atoms with Gasteiger partial charge in [0.2, 0.25) is 0 Å². The number of oxazole rings is 1. The van der Waals surface area contributed by atoms with Gasteiger partial charge in [-0.25, -0.2) is 9.97 Å². The highest BCUT2D eigenvalue weighted by molar-refractivity contribution is 14.1. The lowest BCUT2D eigenvalue weighted by Gasteiger charge is -2.39. The van der Waals surface area contributed by atoms with E-state index in [0.717, 1.165) is 6.07 Å². The van der Waals surface area contributed by atoms with E-state index in [2.05, 4.69) is 15.3 Å². The Morgan fingerprint density at radius 1 is 1.38 bits per heavy atom. The molecule has 7 nitrogen and oxygen atoms in total. The van der Waals surface area contributed by atoms with Crippen molar-refractivity contribution in [2.24, 2.45) is 0 Å². The maximum absolute atomic E-state index is 13.8. The Bertz CT molecular complexity index is 1110. The summed E-state index contributed by atoms with van der Waals surface area (Å²) in [5.41, 5.74) is -1.28. The minimum Gasteiger partial charge on any atom is -0.492 e. The second kappa shape index (κ2) is 8.49. The average molecular weight is 564 g/mol. The summed E-state index contributed by atoms with van der Waals surface area (Å²) < 4.78 is 54.3. The molecule has 3 atom stereocenters. The van der Waals surface area contributed by atoms with Gasteiger partial charge in [-0.3, -0.25) is 0 Å². The number of aromatic nitrogens is 3. The molecule has 32 heavy (non-hydrogen) atoms. The molecule has 2 N–H and O–H groups in total. The number of nitrogens with one attached hydrogen (secondary N) is 1. The van der Waals surface area contributed by atoms with Crippen LogP contribution in [0.25, 0.3) is 11.0 Å². The molecule has 2 aromatic heterocycles. The van der Waals surface area contributed by atoms with E-state index in [1.165, 1.54) is 23.2 Å². The largest absolute Gasteiger partial charge is 0.492 e. The molecular weight excluding hydrogens is 540 g/mol. The number of piperidine rings is 1. The fourth-order valence-corrected chi connectivity index (χ4v) is 4.72. The van der Waals surface area contributed by atoms with Crippen LogP contribution < -0.4 is 10.1 Å². The molecule has 1 aromatic carbocycles. The average Bonchev–Trinajstić information content (AvgIpc) is 3.31. The van der Waals surface area contributed by atoms with Crippen LogP contribution in [-0.4, -0.2) is 38.3 Å². The van der Waals surface area contributed by atoms with Crippen molar-refractivity contribution in [3.05, 3.63) is 39.9 Å². The van der Waals surface area contributed by atoms with Gasteiger partial charge in [-0.2, -0.15) is 13.2 Å². The first-order chi connectivity index (χ1) is 15.0. The molecule has 0 amide bonds. The molecule has 0 bridgehead atoms. The van der Waals surface area contributed by atoms with Crippen molar-refractivity contribution >= 4 is 33.6 Å². The van der Waals surface area contributed by atoms with E-state index in [4.69, 9.17) is 9.15 Å². The highest BCUT2D eigenvalue weighted by atomic mass is 127. The number of nitrogens with zero attached hydrogens (tertiary/aromatic N) is 3. The molecule has 0 aliphatic carbocycles. The third-order valence-electron chi connectivity index (χ3n) is 5.66. The molecule has 3 aromatic rings. The predicted octanol–water partition coefficient (Wildman–Crippen LogP) is 4.64. The normalized spacial score (nSPS) is 24.4. The molecule has 11 heteroatoms. The van der Waals surface area contributed by atoms with E-state index in [1.807, 2.05) is 29.5 Å². The van der Waals surface area contributed by atoms with Gasteiger partial charge < -0.3 is 24.1 Å². The number of alkyl halides is 3. The van der Waals surface area contributed by atoms with E-state index in [0.29, 0.717) is 16.0 Å². The molecule has 1 saturated heterocycles. The first kappa shape index (κ1) is 23.3. The van der Waals surface area contributed by atoms with Crippen LogP contribution in [0.15, 0.2) is 29.1 Å². The van der Waals surface area contributed by atoms with Gasteiger partial charge >= 0.3 is 6.18 Å². The van der Waals surface area contributed by atoms with Crippen LogP contribution in [-0.2, 0) is 11.8 Å². The monoisotopic (exact) mass is 564 g/mol. The lowest BCUT2D eigenvalue weighted by molar-refractivity contribution is -0.136. The Labute approximate surface area is 196 Å². The number of fused-ring (bicyclic) bond motifs is 1. The van der Waals surface area contributed by atoms with Gasteiger partial charge in [-0.15, -0.1) is 0 Å². The van der Waals surface area contributed by atoms with Crippen molar-refractivity contribution in [2.75, 3.05) is 6.61 Å². The first-order valence-electron chi connectivity index (χ1n) is 10.3. The van der Waals surface area contributed by atoms with Gasteiger partial charge in [0, 0.05) is 53.2 Å². The molecule has 4 rings (SSSR count). The van der Waals surface area contributed by atoms with E-state index in [-0.39, 0.29) is 47.9 Å². The smallest absolute Gasteiger partial charge is 0.418 e. The van der Waals surface area contributed by atoms with Crippen molar-refractivity contribution in [3.8, 4) is 5.75 Å². The molecule has 1 aliphatic rings. The van der Waals surface area contributed by atoms with E-state index in [1.54, 1.807) is 13.8 Å². The molecule has 3 heterocycles. The van der Waals surface area contributed by atoms with Crippen LogP contribution in [0, 0.1) is 3.90 Å². The molecule has 1 unspecified atom stereocenters. The number of halogens is 4. The Hall–Kier alpha value is -1.86. The summed E-state index contributed by atoms with van der Waals surface area (Å²) in [6, 6.07) is 2.02. The standard InChI is InChI=1S/C21H24F3IN4O3/c1-11(2)29-10-26-16-5-14(4-15(18(16)29)21(22,23)24)31-8-13-7-20(30,6-12(3)27-13)17-9-32-19(25)28-17/h4-5,9-13,27,30H,6-8H2,1-3H3/t12-,13-,20?/m0/s1. The van der Waals surface area contributed by atoms with Crippen LogP contribution in [0.3, 0.4) is 0 Å². The van der Waals surface area contributed by atoms with Gasteiger partial charge in [0.05, 0.1) is 22.9 Å². The van der Waals surface area contributed by atoms with E-state index in [9.17, 15) is 18.3 Å². The molecule has 0 spiro atoms. The number of hydrogen-bond donors (Lipinski definition) is 2. The quantitative estimate of drug-likeness (QED) is 0.440. The summed E-state index contributed by atoms with van der Waals surface area (Å²) in [5.74, 6) is 0.0818. The summed E-state index contributed by atoms with van der Waals surface area (Å²) in [7, 11) is 0. The highest BCUT2D eigenvalue weighted by Gasteiger charge is 2.41. The minimum absolute atomic E-state index is 0.0410. The van der Waals surface area contributed by atoms with Crippen LogP contribution >= 0.6 is 22.6 Å². The lowest BCUT2D eigenvalue weighted by Crippen LogP contribution is -2.53. The summed E-state index contributed by atoms with van der Waals surface area (Å²) in [4.78, 5) is 8.40. The molecule has 0 radical (unpaired) electrons. The summed E-state index contributed by atoms with van der Waals surface area (Å²) in [6.45, 7) is 5.61. The Balaban J connectivity index is 1.57. The maximum Gasteiger partial charge on any atom is 0.418 e. The van der Waals surface area contributed by atoms with Crippen molar-refractivity contribution < 1.29 is 27.4 Å². The van der Waals surface area contributed by atoms with Gasteiger partial charge in [0.25, 0.3) is 3.90 Å². The fraction of sp³-hybridized carbons (Fsp3) is 0.524. The third-order valence-corrected chi connectivity index (χ3v) is 6.15. The van der Waals surface area contributed by atoms with E-state index >= 15 is 0 Å². The number of hydrogen-bond acceptors (Lipinski definition) is 6. The zero-order chi connectivity index (χ0) is 23.3. The summed E-state index contributed by atoms with van der Waals surface area (Å²) >= 11 is 1.93. The van der Waals surface area contributed by atoms with Crippen LogP contribution in [0.1, 0.15) is 50.9 Å². The Morgan fingerprint density at radius 3 is 2.75 bits per heavy atom. The molecule has 1 fully saturated rings. The second-order valence-corrected chi connectivity index (χ2v) is 9.51. The SMILES string of the molecule is CC(C)n1cnc2cc(OC[C@@H]3CC(O)(c4coc(I)n4)C[C@H](C)N3)cc(C(F)(F)F)c21. The lowest BCUT2D eigenvalue weighted by atomic mass is 9.82. The van der Waals surface area contributed by atoms with Crippen molar-refractivity contribution in [1.82, 2.24) is 19.9 Å². The highest BCUT2D eigenvalue weighted by Crippen LogP contribution is 2.39. The van der Waals surface area contributed by atoms with Gasteiger partial charge in [-0.05, 0) is 33.3 Å². The summed E-state index contributed by atoms with van der Waals surface area (Å²) in [5, 5.41) is 14.5. The van der Waals surface area contributed by atoms with Crippen molar-refractivity contribution in [2.45, 2.75) is 63.5 Å². The van der Waals surface area contributed by atoms with Crippen LogP contribution in [0.2, 0.25) is 0 Å². The van der Waals surface area contributed by atoms with Crippen molar-refractivity contribution in [3.63, 3.8) is 0 Å². The maximum atomic E-state index is 13.8. The zero-order valence-electron chi connectivity index (χ0n) is 17.8. The van der Waals surface area contributed by atoms with Gasteiger partial charge in [0.1, 0.15) is 29.9 Å². The molecular formula is C21H24F3IN4O3. The number of benzene rings is 1. The number of rotatable bonds is 5. The fourth-order valence-electron chi connectivity index (χ4n) is 4.33. The Morgan fingerprint density at radius 2 is 2.12 bits per heavy atom. The first-order valence-corrected chi connectivity index (χ1v) is 11.3. The number of imidazole rings is 1. The third kappa shape index (κ3) is 4.60. The molecule has 1 aliphatic heterocycles. The topological polar surface area (TPSA) is 85.3 Å². The molecule has 0 saturated carbocycles. The number of aliphatic hydroxyl groups is 1. The summed E-state index contributed by atoms with van der Waals surface area (Å²) in [6.07, 6.45) is -0.976. The van der Waals surface area contributed by atoms with Gasteiger partial charge in [0.15, 0.2) is 0 Å². The molecule has 174 valence electrons. The Kier molecular flexibility index (Phi) is 6.18. The van der Waals surface area contributed by atoms with E-state index < -0.39 is 17.3 Å². The van der Waals surface area contributed by atoms with Crippen LogP contribution in [0.5, 0.6) is 5.75 Å². The predicted molar refractivity (Wildman–Crippen MR) is 119 cm³/mol. The minimum atomic E-state index is -4.55.